The van der Waals surface area contributed by atoms with Gasteiger partial charge in [0, 0.05) is 16.5 Å². The van der Waals surface area contributed by atoms with E-state index in [2.05, 4.69) is 121 Å². The Hall–Kier alpha value is -4.56. The van der Waals surface area contributed by atoms with Gasteiger partial charge in [0.05, 0.1) is 11.2 Å². The second-order valence-corrected chi connectivity index (χ2v) is 8.68. The lowest BCUT2D eigenvalue weighted by Crippen LogP contribution is -1.97. The summed E-state index contributed by atoms with van der Waals surface area (Å²) in [5.41, 5.74) is 10.0. The van der Waals surface area contributed by atoms with E-state index in [1.807, 2.05) is 13.0 Å². The summed E-state index contributed by atoms with van der Waals surface area (Å²) in [4.78, 5) is 9.91. The first-order chi connectivity index (χ1) is 17.3. The van der Waals surface area contributed by atoms with Gasteiger partial charge < -0.3 is 0 Å². The molecule has 1 aromatic heterocycles. The van der Waals surface area contributed by atoms with Crippen molar-refractivity contribution in [3.63, 3.8) is 0 Å². The first-order valence-corrected chi connectivity index (χ1v) is 11.9. The summed E-state index contributed by atoms with van der Waals surface area (Å²) in [6.07, 6.45) is 0. The zero-order chi connectivity index (χ0) is 23.6. The zero-order valence-corrected chi connectivity index (χ0v) is 19.5. The molecule has 0 unspecified atom stereocenters. The highest BCUT2D eigenvalue weighted by Crippen LogP contribution is 2.40. The fraction of sp³-hybridized carbons (Fsp3) is 0.0303. The van der Waals surface area contributed by atoms with Gasteiger partial charge in [-0.2, -0.15) is 0 Å². The van der Waals surface area contributed by atoms with Gasteiger partial charge in [0.25, 0.3) is 0 Å². The second-order valence-electron chi connectivity index (χ2n) is 8.68. The highest BCUT2D eigenvalue weighted by molar-refractivity contribution is 6.05. The Labute approximate surface area is 205 Å². The van der Waals surface area contributed by atoms with Crippen LogP contribution in [0, 0.1) is 6.92 Å². The quantitative estimate of drug-likeness (QED) is 0.270. The second kappa shape index (κ2) is 9.00. The van der Waals surface area contributed by atoms with E-state index in [1.54, 1.807) is 0 Å². The molecule has 2 heteroatoms. The maximum absolute atomic E-state index is 5.00. The van der Waals surface area contributed by atoms with Gasteiger partial charge in [-0.15, -0.1) is 0 Å². The third-order valence-electron chi connectivity index (χ3n) is 6.37. The summed E-state index contributed by atoms with van der Waals surface area (Å²) in [6.45, 7) is 1.98. The van der Waals surface area contributed by atoms with Crippen molar-refractivity contribution < 1.29 is 0 Å². The Balaban J connectivity index is 1.72. The molecule has 0 aliphatic carbocycles. The van der Waals surface area contributed by atoms with Crippen LogP contribution in [0.1, 0.15) is 5.82 Å². The topological polar surface area (TPSA) is 25.8 Å². The van der Waals surface area contributed by atoms with E-state index in [9.17, 15) is 0 Å². The lowest BCUT2D eigenvalue weighted by molar-refractivity contribution is 1.10. The van der Waals surface area contributed by atoms with Gasteiger partial charge in [0.15, 0.2) is 0 Å². The summed E-state index contributed by atoms with van der Waals surface area (Å²) >= 11 is 0. The van der Waals surface area contributed by atoms with Crippen molar-refractivity contribution in [2.75, 3.05) is 0 Å². The Morgan fingerprint density at radius 3 is 1.63 bits per heavy atom. The SMILES string of the molecule is Cc1nc(-c2ccccc2)c2cc(-c3ccccc3)cc(-c3ccccc3-c3ccccc3)c2n1. The minimum Gasteiger partial charge on any atom is -0.233 e. The Morgan fingerprint density at radius 2 is 0.971 bits per heavy atom. The van der Waals surface area contributed by atoms with Crippen molar-refractivity contribution in [3.8, 4) is 44.6 Å². The van der Waals surface area contributed by atoms with Crippen LogP contribution in [0.2, 0.25) is 0 Å². The molecule has 0 saturated heterocycles. The van der Waals surface area contributed by atoms with Gasteiger partial charge in [-0.05, 0) is 46.9 Å². The number of hydrogen-bond acceptors (Lipinski definition) is 2. The van der Waals surface area contributed by atoms with Gasteiger partial charge in [-0.3, -0.25) is 0 Å². The van der Waals surface area contributed by atoms with Gasteiger partial charge in [-0.25, -0.2) is 9.97 Å². The normalized spacial score (nSPS) is 11.0. The van der Waals surface area contributed by atoms with E-state index in [-0.39, 0.29) is 0 Å². The van der Waals surface area contributed by atoms with Crippen LogP contribution in [0.25, 0.3) is 55.5 Å². The average Bonchev–Trinajstić information content (AvgIpc) is 2.93. The molecule has 0 spiro atoms. The van der Waals surface area contributed by atoms with Crippen molar-refractivity contribution in [2.45, 2.75) is 6.92 Å². The van der Waals surface area contributed by atoms with Crippen LogP contribution in [0.15, 0.2) is 127 Å². The van der Waals surface area contributed by atoms with E-state index in [0.717, 1.165) is 39.1 Å². The number of aryl methyl sites for hydroxylation is 1. The third kappa shape index (κ3) is 4.00. The highest BCUT2D eigenvalue weighted by Gasteiger charge is 2.17. The maximum atomic E-state index is 5.00. The van der Waals surface area contributed by atoms with Crippen LogP contribution in [-0.2, 0) is 0 Å². The molecule has 35 heavy (non-hydrogen) atoms. The molecule has 0 bridgehead atoms. The fourth-order valence-corrected chi connectivity index (χ4v) is 4.75. The Morgan fingerprint density at radius 1 is 0.429 bits per heavy atom. The van der Waals surface area contributed by atoms with E-state index < -0.39 is 0 Å². The fourth-order valence-electron chi connectivity index (χ4n) is 4.75. The lowest BCUT2D eigenvalue weighted by Gasteiger charge is -2.16. The smallest absolute Gasteiger partial charge is 0.126 e. The molecule has 6 rings (SSSR count). The van der Waals surface area contributed by atoms with Gasteiger partial charge >= 0.3 is 0 Å². The molecular weight excluding hydrogens is 424 g/mol. The number of fused-ring (bicyclic) bond motifs is 1. The molecule has 0 fully saturated rings. The van der Waals surface area contributed by atoms with Crippen molar-refractivity contribution in [2.24, 2.45) is 0 Å². The monoisotopic (exact) mass is 448 g/mol. The number of aromatic nitrogens is 2. The minimum absolute atomic E-state index is 0.766. The summed E-state index contributed by atoms with van der Waals surface area (Å²) in [5.74, 6) is 0.766. The van der Waals surface area contributed by atoms with Crippen LogP contribution in [0.3, 0.4) is 0 Å². The molecule has 1 heterocycles. The Kier molecular flexibility index (Phi) is 5.40. The van der Waals surface area contributed by atoms with Crippen molar-refractivity contribution in [1.29, 1.82) is 0 Å². The van der Waals surface area contributed by atoms with Crippen LogP contribution in [0.4, 0.5) is 0 Å². The minimum atomic E-state index is 0.766. The Bertz CT molecular complexity index is 1620. The molecular formula is C33H24N2. The summed E-state index contributed by atoms with van der Waals surface area (Å²) in [7, 11) is 0. The molecule has 6 aromatic rings. The maximum Gasteiger partial charge on any atom is 0.126 e. The molecule has 5 aromatic carbocycles. The number of benzene rings is 5. The van der Waals surface area contributed by atoms with Crippen molar-refractivity contribution >= 4 is 10.9 Å². The first kappa shape index (κ1) is 21.0. The first-order valence-electron chi connectivity index (χ1n) is 11.9. The largest absolute Gasteiger partial charge is 0.233 e. The van der Waals surface area contributed by atoms with Crippen LogP contribution in [0.5, 0.6) is 0 Å². The van der Waals surface area contributed by atoms with Gasteiger partial charge in [-0.1, -0.05) is 115 Å². The summed E-state index contributed by atoms with van der Waals surface area (Å²) in [6, 6.07) is 44.6. The molecule has 0 atom stereocenters. The van der Waals surface area contributed by atoms with E-state index >= 15 is 0 Å². The molecule has 2 nitrogen and oxygen atoms in total. The number of rotatable bonds is 4. The zero-order valence-electron chi connectivity index (χ0n) is 19.5. The van der Waals surface area contributed by atoms with Crippen molar-refractivity contribution in [3.05, 3.63) is 133 Å². The molecule has 166 valence electrons. The highest BCUT2D eigenvalue weighted by atomic mass is 14.9. The molecule has 0 amide bonds. The standard InChI is InChI=1S/C33H24N2/c1-23-34-32(26-17-9-4-10-18-26)31-22-27(24-13-5-2-6-14-24)21-30(33(31)35-23)29-20-12-11-19-28(29)25-15-7-3-8-16-25/h2-22H,1H3. The number of hydrogen-bond donors (Lipinski definition) is 0. The summed E-state index contributed by atoms with van der Waals surface area (Å²) in [5, 5.41) is 1.06. The van der Waals surface area contributed by atoms with Crippen LogP contribution in [-0.4, -0.2) is 9.97 Å². The predicted octanol–water partition coefficient (Wildman–Crippen LogP) is 8.61. The van der Waals surface area contributed by atoms with Crippen molar-refractivity contribution in [1.82, 2.24) is 9.97 Å². The molecule has 0 saturated carbocycles. The van der Waals surface area contributed by atoms with Gasteiger partial charge in [0.1, 0.15) is 5.82 Å². The summed E-state index contributed by atoms with van der Waals surface area (Å²) < 4.78 is 0. The van der Waals surface area contributed by atoms with E-state index in [1.165, 1.54) is 22.3 Å². The molecule has 0 radical (unpaired) electrons. The molecule has 0 aliphatic heterocycles. The molecule has 0 aliphatic rings. The van der Waals surface area contributed by atoms with E-state index in [0.29, 0.717) is 0 Å². The third-order valence-corrected chi connectivity index (χ3v) is 6.37. The predicted molar refractivity (Wildman–Crippen MR) is 146 cm³/mol. The van der Waals surface area contributed by atoms with E-state index in [4.69, 9.17) is 9.97 Å². The van der Waals surface area contributed by atoms with Crippen LogP contribution >= 0.6 is 0 Å². The van der Waals surface area contributed by atoms with Gasteiger partial charge in [0.2, 0.25) is 0 Å². The molecule has 0 N–H and O–H groups in total. The lowest BCUT2D eigenvalue weighted by atomic mass is 9.90. The van der Waals surface area contributed by atoms with Crippen LogP contribution < -0.4 is 0 Å². The number of nitrogens with zero attached hydrogens (tertiary/aromatic N) is 2. The average molecular weight is 449 g/mol.